The first-order valence-corrected chi connectivity index (χ1v) is 10.5. The Kier molecular flexibility index (Phi) is 4.43. The highest BCUT2D eigenvalue weighted by atomic mass is 32.1. The third-order valence-corrected chi connectivity index (χ3v) is 6.90. The Labute approximate surface area is 177 Å². The fourth-order valence-electron chi connectivity index (χ4n) is 4.23. The van der Waals surface area contributed by atoms with E-state index in [9.17, 15) is 4.79 Å². The number of nitrogens with zero attached hydrogens (tertiary/aromatic N) is 4. The summed E-state index contributed by atoms with van der Waals surface area (Å²) < 4.78 is 8.50. The molecule has 0 aliphatic carbocycles. The summed E-state index contributed by atoms with van der Waals surface area (Å²) in [5, 5.41) is 5.61. The molecule has 0 saturated carbocycles. The van der Waals surface area contributed by atoms with Gasteiger partial charge in [-0.3, -0.25) is 4.79 Å². The highest BCUT2D eigenvalue weighted by molar-refractivity contribution is 7.22. The Morgan fingerprint density at radius 3 is 3.07 bits per heavy atom. The lowest BCUT2D eigenvalue weighted by molar-refractivity contribution is -0.125. The lowest BCUT2D eigenvalue weighted by atomic mass is 10.0. The number of hydrogen-bond acceptors (Lipinski definition) is 6. The summed E-state index contributed by atoms with van der Waals surface area (Å²) in [6, 6.07) is 10.3. The van der Waals surface area contributed by atoms with Crippen LogP contribution in [0.15, 0.2) is 49.3 Å². The molecule has 1 amide bonds. The number of likely N-dealkylation sites (tertiary alicyclic amines) is 1. The van der Waals surface area contributed by atoms with E-state index >= 15 is 0 Å². The smallest absolute Gasteiger partial charge is 0.245 e. The van der Waals surface area contributed by atoms with E-state index in [1.54, 1.807) is 18.4 Å². The van der Waals surface area contributed by atoms with Crippen molar-refractivity contribution in [1.29, 1.82) is 0 Å². The minimum atomic E-state index is -0.0377. The third kappa shape index (κ3) is 2.83. The Bertz CT molecular complexity index is 1290. The number of anilines is 1. The SMILES string of the molecule is C=CC(=O)N1CC[C@@H](c2cc(-c3cc4cccc(OC)c4s3)c3c(N)ncnn23)C1. The number of carbonyl (C=O) groups is 1. The van der Waals surface area contributed by atoms with Gasteiger partial charge in [0, 0.05) is 35.1 Å². The summed E-state index contributed by atoms with van der Waals surface area (Å²) in [6.45, 7) is 4.95. The number of aromatic nitrogens is 3. The molecule has 0 unspecified atom stereocenters. The van der Waals surface area contributed by atoms with Crippen LogP contribution in [0.5, 0.6) is 5.75 Å². The first-order valence-electron chi connectivity index (χ1n) is 9.71. The van der Waals surface area contributed by atoms with Gasteiger partial charge in [0.15, 0.2) is 5.82 Å². The summed E-state index contributed by atoms with van der Waals surface area (Å²) in [5.41, 5.74) is 9.12. The van der Waals surface area contributed by atoms with Crippen LogP contribution < -0.4 is 10.5 Å². The molecular weight excluding hydrogens is 398 g/mol. The first kappa shape index (κ1) is 18.6. The number of methoxy groups -OCH3 is 1. The summed E-state index contributed by atoms with van der Waals surface area (Å²) in [7, 11) is 1.68. The average molecular weight is 420 g/mol. The van der Waals surface area contributed by atoms with Gasteiger partial charge in [-0.2, -0.15) is 5.10 Å². The number of amides is 1. The second kappa shape index (κ2) is 7.14. The fourth-order valence-corrected chi connectivity index (χ4v) is 5.40. The standard InChI is InChI=1S/C22H21N5O2S/c1-3-19(28)26-8-7-14(11-26)16-10-15(20-22(23)24-12-25-27(16)20)18-9-13-5-4-6-17(29-2)21(13)30-18/h3-6,9-10,12,14H,1,7-8,11H2,2H3,(H2,23,24,25)/t14-/m1/s1. The molecule has 4 heterocycles. The molecule has 1 aromatic carbocycles. The molecule has 1 aliphatic heterocycles. The van der Waals surface area contributed by atoms with Gasteiger partial charge < -0.3 is 15.4 Å². The van der Waals surface area contributed by atoms with E-state index in [0.29, 0.717) is 18.9 Å². The lowest BCUT2D eigenvalue weighted by Gasteiger charge is -2.14. The van der Waals surface area contributed by atoms with E-state index < -0.39 is 0 Å². The molecule has 7 nitrogen and oxygen atoms in total. The van der Waals surface area contributed by atoms with Crippen LogP contribution in [-0.2, 0) is 4.79 Å². The first-order chi connectivity index (χ1) is 14.6. The Morgan fingerprint density at radius 1 is 1.40 bits per heavy atom. The highest BCUT2D eigenvalue weighted by Gasteiger charge is 2.30. The molecule has 0 bridgehead atoms. The molecule has 0 spiro atoms. The molecule has 3 aromatic heterocycles. The zero-order valence-electron chi connectivity index (χ0n) is 16.5. The maximum Gasteiger partial charge on any atom is 0.245 e. The van der Waals surface area contributed by atoms with Crippen molar-refractivity contribution >= 4 is 38.7 Å². The topological polar surface area (TPSA) is 85.8 Å². The predicted molar refractivity (Wildman–Crippen MR) is 119 cm³/mol. The highest BCUT2D eigenvalue weighted by Crippen LogP contribution is 2.43. The number of nitrogen functional groups attached to an aromatic ring is 1. The van der Waals surface area contributed by atoms with Crippen molar-refractivity contribution in [2.45, 2.75) is 12.3 Å². The number of fused-ring (bicyclic) bond motifs is 2. The number of ether oxygens (including phenoxy) is 1. The van der Waals surface area contributed by atoms with Gasteiger partial charge in [-0.1, -0.05) is 18.7 Å². The molecule has 4 aromatic rings. The molecule has 1 atom stereocenters. The zero-order valence-corrected chi connectivity index (χ0v) is 17.4. The summed E-state index contributed by atoms with van der Waals surface area (Å²) in [5.74, 6) is 1.43. The summed E-state index contributed by atoms with van der Waals surface area (Å²) >= 11 is 1.66. The van der Waals surface area contributed by atoms with Crippen molar-refractivity contribution in [2.75, 3.05) is 25.9 Å². The minimum Gasteiger partial charge on any atom is -0.495 e. The van der Waals surface area contributed by atoms with Crippen LogP contribution in [0.4, 0.5) is 5.82 Å². The number of nitrogens with two attached hydrogens (primary N) is 1. The lowest BCUT2D eigenvalue weighted by Crippen LogP contribution is -2.26. The van der Waals surface area contributed by atoms with Crippen LogP contribution in [0, 0.1) is 0 Å². The van der Waals surface area contributed by atoms with E-state index in [0.717, 1.165) is 43.9 Å². The summed E-state index contributed by atoms with van der Waals surface area (Å²) in [4.78, 5) is 19.2. The van der Waals surface area contributed by atoms with Crippen molar-refractivity contribution in [1.82, 2.24) is 19.5 Å². The second-order valence-electron chi connectivity index (χ2n) is 7.35. The van der Waals surface area contributed by atoms with Crippen LogP contribution in [0.25, 0.3) is 26.0 Å². The minimum absolute atomic E-state index is 0.0377. The Hall–Kier alpha value is -3.39. The molecular formula is C22H21N5O2S. The van der Waals surface area contributed by atoms with Gasteiger partial charge >= 0.3 is 0 Å². The van der Waals surface area contributed by atoms with E-state index in [2.05, 4.69) is 34.9 Å². The Balaban J connectivity index is 1.65. The second-order valence-corrected chi connectivity index (χ2v) is 8.40. The largest absolute Gasteiger partial charge is 0.495 e. The molecule has 8 heteroatoms. The molecule has 5 rings (SSSR count). The van der Waals surface area contributed by atoms with Crippen LogP contribution in [0.2, 0.25) is 0 Å². The molecule has 0 radical (unpaired) electrons. The molecule has 152 valence electrons. The maximum absolute atomic E-state index is 12.0. The molecule has 1 saturated heterocycles. The van der Waals surface area contributed by atoms with Gasteiger partial charge in [0.05, 0.1) is 11.8 Å². The third-order valence-electron chi connectivity index (χ3n) is 5.70. The van der Waals surface area contributed by atoms with Gasteiger partial charge in [-0.15, -0.1) is 11.3 Å². The fraction of sp³-hybridized carbons (Fsp3) is 0.227. The number of thiophene rings is 1. The summed E-state index contributed by atoms with van der Waals surface area (Å²) in [6.07, 6.45) is 3.72. The van der Waals surface area contributed by atoms with Crippen molar-refractivity contribution in [3.63, 3.8) is 0 Å². The van der Waals surface area contributed by atoms with Gasteiger partial charge in [-0.25, -0.2) is 9.50 Å². The van der Waals surface area contributed by atoms with Gasteiger partial charge in [0.25, 0.3) is 0 Å². The van der Waals surface area contributed by atoms with Gasteiger partial charge in [0.2, 0.25) is 5.91 Å². The molecule has 30 heavy (non-hydrogen) atoms. The van der Waals surface area contributed by atoms with E-state index in [-0.39, 0.29) is 11.8 Å². The van der Waals surface area contributed by atoms with E-state index in [1.165, 1.54) is 12.4 Å². The normalized spacial score (nSPS) is 16.4. The van der Waals surface area contributed by atoms with Gasteiger partial charge in [0.1, 0.15) is 17.6 Å². The zero-order chi connectivity index (χ0) is 20.8. The van der Waals surface area contributed by atoms with Crippen molar-refractivity contribution < 1.29 is 9.53 Å². The molecule has 2 N–H and O–H groups in total. The predicted octanol–water partition coefficient (Wildman–Crippen LogP) is 3.70. The van der Waals surface area contributed by atoms with Crippen LogP contribution in [0.3, 0.4) is 0 Å². The number of rotatable bonds is 4. The molecule has 1 aliphatic rings. The van der Waals surface area contributed by atoms with Crippen LogP contribution >= 0.6 is 11.3 Å². The van der Waals surface area contributed by atoms with Crippen molar-refractivity contribution in [3.8, 4) is 16.2 Å². The van der Waals surface area contributed by atoms with Crippen LogP contribution in [-0.4, -0.2) is 45.6 Å². The van der Waals surface area contributed by atoms with Crippen molar-refractivity contribution in [3.05, 3.63) is 55.0 Å². The van der Waals surface area contributed by atoms with E-state index in [1.807, 2.05) is 21.5 Å². The van der Waals surface area contributed by atoms with Gasteiger partial charge in [-0.05, 0) is 36.1 Å². The van der Waals surface area contributed by atoms with Crippen LogP contribution in [0.1, 0.15) is 18.0 Å². The van der Waals surface area contributed by atoms with E-state index in [4.69, 9.17) is 10.5 Å². The number of benzene rings is 1. The molecule has 1 fully saturated rings. The number of carbonyl (C=O) groups excluding carboxylic acids is 1. The number of hydrogen-bond donors (Lipinski definition) is 1. The average Bonchev–Trinajstić information content (AvgIpc) is 3.48. The quantitative estimate of drug-likeness (QED) is 0.510. The Morgan fingerprint density at radius 2 is 2.27 bits per heavy atom. The monoisotopic (exact) mass is 419 g/mol. The maximum atomic E-state index is 12.0. The van der Waals surface area contributed by atoms with Crippen molar-refractivity contribution in [2.24, 2.45) is 0 Å².